The van der Waals surface area contributed by atoms with E-state index in [0.29, 0.717) is 5.02 Å². The number of halogens is 1. The average Bonchev–Trinajstić information content (AvgIpc) is 2.48. The van der Waals surface area contributed by atoms with Gasteiger partial charge >= 0.3 is 0 Å². The molecule has 0 unspecified atom stereocenters. The summed E-state index contributed by atoms with van der Waals surface area (Å²) in [5, 5.41) is 12.2. The zero-order chi connectivity index (χ0) is 10.0. The Morgan fingerprint density at radius 1 is 1.54 bits per heavy atom. The van der Waals surface area contributed by atoms with Gasteiger partial charge in [0.15, 0.2) is 0 Å². The lowest BCUT2D eigenvalue weighted by molar-refractivity contribution is 0.0991. The van der Waals surface area contributed by atoms with Crippen LogP contribution in [0.25, 0.3) is 0 Å². The number of rotatable bonds is 3. The Morgan fingerprint density at radius 3 is 2.54 bits per heavy atom. The van der Waals surface area contributed by atoms with Crippen molar-refractivity contribution in [1.29, 1.82) is 0 Å². The smallest absolute Gasteiger partial charge is 0.0764 e. The van der Waals surface area contributed by atoms with Crippen LogP contribution in [0.5, 0.6) is 0 Å². The molecule has 0 bridgehead atoms. The molecule has 2 nitrogen and oxygen atoms in total. The molecule has 1 heterocycles. The van der Waals surface area contributed by atoms with Crippen molar-refractivity contribution in [1.82, 2.24) is 0 Å². The predicted molar refractivity (Wildman–Crippen MR) is 57.1 cm³/mol. The fourth-order valence-corrected chi connectivity index (χ4v) is 2.34. The lowest BCUT2D eigenvalue weighted by Gasteiger charge is -2.21. The molecule has 0 radical (unpaired) electrons. The lowest BCUT2D eigenvalue weighted by atomic mass is 9.99. The summed E-state index contributed by atoms with van der Waals surface area (Å²) in [6, 6.07) is 1.43. The normalized spacial score (nSPS) is 16.2. The minimum Gasteiger partial charge on any atom is -0.391 e. The molecule has 74 valence electrons. The third kappa shape index (κ3) is 2.44. The monoisotopic (exact) mass is 219 g/mol. The second kappa shape index (κ2) is 4.42. The van der Waals surface area contributed by atoms with Gasteiger partial charge in [-0.25, -0.2) is 0 Å². The maximum Gasteiger partial charge on any atom is 0.0764 e. The van der Waals surface area contributed by atoms with Gasteiger partial charge in [-0.2, -0.15) is 0 Å². The molecule has 1 aromatic heterocycles. The van der Waals surface area contributed by atoms with Gasteiger partial charge in [0.2, 0.25) is 0 Å². The van der Waals surface area contributed by atoms with Crippen molar-refractivity contribution in [2.45, 2.75) is 26.0 Å². The van der Waals surface area contributed by atoms with Crippen LogP contribution in [0.1, 0.15) is 24.8 Å². The maximum absolute atomic E-state index is 9.71. The number of aliphatic hydroxyl groups excluding tert-OH is 1. The summed E-state index contributed by atoms with van der Waals surface area (Å²) < 4.78 is 0. The van der Waals surface area contributed by atoms with Crippen molar-refractivity contribution in [2.75, 3.05) is 0 Å². The van der Waals surface area contributed by atoms with Crippen molar-refractivity contribution in [3.63, 3.8) is 0 Å². The second-order valence-corrected chi connectivity index (χ2v) is 4.75. The molecule has 0 aliphatic heterocycles. The topological polar surface area (TPSA) is 46.2 Å². The summed E-state index contributed by atoms with van der Waals surface area (Å²) in [4.78, 5) is 0.864. The van der Waals surface area contributed by atoms with Crippen molar-refractivity contribution < 1.29 is 5.11 Å². The van der Waals surface area contributed by atoms with Crippen LogP contribution >= 0.6 is 22.9 Å². The van der Waals surface area contributed by atoms with E-state index in [0.717, 1.165) is 4.88 Å². The third-order valence-corrected chi connectivity index (χ3v) is 3.46. The molecule has 1 rings (SSSR count). The first-order valence-electron chi connectivity index (χ1n) is 4.20. The number of hydrogen-bond acceptors (Lipinski definition) is 3. The average molecular weight is 220 g/mol. The Balaban J connectivity index is 2.79. The van der Waals surface area contributed by atoms with Gasteiger partial charge in [0.25, 0.3) is 0 Å². The Hall–Kier alpha value is -0.0900. The first kappa shape index (κ1) is 11.0. The van der Waals surface area contributed by atoms with E-state index >= 15 is 0 Å². The first-order chi connectivity index (χ1) is 6.04. The van der Waals surface area contributed by atoms with Crippen LogP contribution in [0, 0.1) is 5.92 Å². The van der Waals surface area contributed by atoms with Crippen molar-refractivity contribution in [3.8, 4) is 0 Å². The van der Waals surface area contributed by atoms with E-state index in [9.17, 15) is 5.11 Å². The molecular formula is C9H14ClNOS. The lowest BCUT2D eigenvalue weighted by Crippen LogP contribution is -2.29. The SMILES string of the molecule is CC(C)[C@H](O)[C@H](N)c1sccc1Cl. The molecule has 13 heavy (non-hydrogen) atoms. The summed E-state index contributed by atoms with van der Waals surface area (Å²) in [6.45, 7) is 3.87. The predicted octanol–water partition coefficient (Wildman–Crippen LogP) is 2.42. The summed E-state index contributed by atoms with van der Waals surface area (Å²) >= 11 is 7.39. The minimum atomic E-state index is -0.531. The van der Waals surface area contributed by atoms with Crippen molar-refractivity contribution in [2.24, 2.45) is 11.7 Å². The van der Waals surface area contributed by atoms with Crippen LogP contribution in [0.4, 0.5) is 0 Å². The summed E-state index contributed by atoms with van der Waals surface area (Å²) in [5.74, 6) is 0.146. The molecule has 0 saturated carbocycles. The van der Waals surface area contributed by atoms with Gasteiger partial charge in [-0.1, -0.05) is 25.4 Å². The Morgan fingerprint density at radius 2 is 2.15 bits per heavy atom. The third-order valence-electron chi connectivity index (χ3n) is 2.00. The Labute approximate surface area is 87.3 Å². The Bertz CT molecular complexity index is 274. The van der Waals surface area contributed by atoms with Crippen LogP contribution in [0.3, 0.4) is 0 Å². The summed E-state index contributed by atoms with van der Waals surface area (Å²) in [6.07, 6.45) is -0.531. The van der Waals surface area contributed by atoms with E-state index < -0.39 is 6.10 Å². The quantitative estimate of drug-likeness (QED) is 0.820. The number of thiophene rings is 1. The van der Waals surface area contributed by atoms with E-state index in [4.69, 9.17) is 17.3 Å². The number of hydrogen-bond donors (Lipinski definition) is 2. The molecule has 0 saturated heterocycles. The largest absolute Gasteiger partial charge is 0.391 e. The van der Waals surface area contributed by atoms with Crippen LogP contribution in [-0.4, -0.2) is 11.2 Å². The highest BCUT2D eigenvalue weighted by Crippen LogP contribution is 2.30. The van der Waals surface area contributed by atoms with Gasteiger partial charge in [0.1, 0.15) is 0 Å². The van der Waals surface area contributed by atoms with Gasteiger partial charge in [-0.05, 0) is 17.4 Å². The zero-order valence-corrected chi connectivity index (χ0v) is 9.27. The van der Waals surface area contributed by atoms with Gasteiger partial charge in [0.05, 0.1) is 17.2 Å². The zero-order valence-electron chi connectivity index (χ0n) is 7.70. The molecule has 0 aliphatic carbocycles. The number of nitrogens with two attached hydrogens (primary N) is 1. The molecule has 4 heteroatoms. The molecule has 0 amide bonds. The molecule has 0 spiro atoms. The van der Waals surface area contributed by atoms with Crippen LogP contribution in [0.2, 0.25) is 5.02 Å². The molecule has 3 N–H and O–H groups in total. The van der Waals surface area contributed by atoms with E-state index in [1.165, 1.54) is 11.3 Å². The van der Waals surface area contributed by atoms with E-state index in [2.05, 4.69) is 0 Å². The van der Waals surface area contributed by atoms with Gasteiger partial charge in [-0.15, -0.1) is 11.3 Å². The highest BCUT2D eigenvalue weighted by Gasteiger charge is 2.22. The molecule has 0 aliphatic rings. The fraction of sp³-hybridized carbons (Fsp3) is 0.556. The van der Waals surface area contributed by atoms with E-state index in [-0.39, 0.29) is 12.0 Å². The Kier molecular flexibility index (Phi) is 3.74. The van der Waals surface area contributed by atoms with Gasteiger partial charge in [0, 0.05) is 4.88 Å². The maximum atomic E-state index is 9.71. The highest BCUT2D eigenvalue weighted by molar-refractivity contribution is 7.10. The number of aliphatic hydroxyl groups is 1. The fourth-order valence-electron chi connectivity index (χ4n) is 1.11. The highest BCUT2D eigenvalue weighted by atomic mass is 35.5. The van der Waals surface area contributed by atoms with E-state index in [1.807, 2.05) is 19.2 Å². The summed E-state index contributed by atoms with van der Waals surface area (Å²) in [5.41, 5.74) is 5.86. The second-order valence-electron chi connectivity index (χ2n) is 3.39. The standard InChI is InChI=1S/C9H14ClNOS/c1-5(2)8(12)7(11)9-6(10)3-4-13-9/h3-5,7-8,12H,11H2,1-2H3/t7-,8-/m0/s1. The van der Waals surface area contributed by atoms with Crippen LogP contribution < -0.4 is 5.73 Å². The summed E-state index contributed by atoms with van der Waals surface area (Å²) in [7, 11) is 0. The molecule has 2 atom stereocenters. The van der Waals surface area contributed by atoms with Crippen molar-refractivity contribution >= 4 is 22.9 Å². The first-order valence-corrected chi connectivity index (χ1v) is 5.46. The van der Waals surface area contributed by atoms with Crippen molar-refractivity contribution in [3.05, 3.63) is 21.3 Å². The minimum absolute atomic E-state index is 0.146. The van der Waals surface area contributed by atoms with Crippen LogP contribution in [0.15, 0.2) is 11.4 Å². The van der Waals surface area contributed by atoms with E-state index in [1.54, 1.807) is 6.07 Å². The van der Waals surface area contributed by atoms with Crippen LogP contribution in [-0.2, 0) is 0 Å². The molecule has 0 fully saturated rings. The molecule has 0 aromatic carbocycles. The van der Waals surface area contributed by atoms with Gasteiger partial charge in [-0.3, -0.25) is 0 Å². The molecule has 1 aromatic rings. The van der Waals surface area contributed by atoms with Gasteiger partial charge < -0.3 is 10.8 Å². The molecular weight excluding hydrogens is 206 g/mol.